The Morgan fingerprint density at radius 3 is 2.62 bits per heavy atom. The standard InChI is InChI=1S/C30H34N4O5/c1-31-27(19-28(35)32(2)30(31)38)34-14-6-13-33(15-16-34)12-5-9-24-23-8-4-3-7-22(23)20-39-26-11-10-21(17-25(24)26)18-29(36)37/h3-4,7-11,17,19H,5-6,12-16,18,20H2,1-2H3,(H,36,37)/b24-9-. The van der Waals surface area contributed by atoms with Gasteiger partial charge >= 0.3 is 11.7 Å². The molecule has 2 aliphatic rings. The van der Waals surface area contributed by atoms with Crippen LogP contribution < -0.4 is 20.9 Å². The molecule has 3 heterocycles. The Balaban J connectivity index is 1.34. The van der Waals surface area contributed by atoms with Crippen molar-refractivity contribution in [1.82, 2.24) is 14.0 Å². The Hall–Kier alpha value is -4.11. The van der Waals surface area contributed by atoms with Crippen molar-refractivity contribution in [3.8, 4) is 5.75 Å². The maximum Gasteiger partial charge on any atom is 0.332 e. The number of aliphatic carboxylic acids is 1. The van der Waals surface area contributed by atoms with Crippen molar-refractivity contribution < 1.29 is 14.6 Å². The molecule has 1 N–H and O–H groups in total. The zero-order valence-electron chi connectivity index (χ0n) is 22.4. The predicted molar refractivity (Wildman–Crippen MR) is 150 cm³/mol. The third-order valence-corrected chi connectivity index (χ3v) is 7.59. The monoisotopic (exact) mass is 530 g/mol. The quantitative estimate of drug-likeness (QED) is 0.523. The first-order valence-electron chi connectivity index (χ1n) is 13.3. The molecule has 1 fully saturated rings. The first-order valence-corrected chi connectivity index (χ1v) is 13.3. The fraction of sp³-hybridized carbons (Fsp3) is 0.367. The molecule has 0 aliphatic carbocycles. The summed E-state index contributed by atoms with van der Waals surface area (Å²) in [6.07, 6.45) is 3.95. The van der Waals surface area contributed by atoms with E-state index in [0.717, 1.165) is 83.7 Å². The van der Waals surface area contributed by atoms with Gasteiger partial charge in [-0.1, -0.05) is 36.4 Å². The molecule has 39 heavy (non-hydrogen) atoms. The summed E-state index contributed by atoms with van der Waals surface area (Å²) in [4.78, 5) is 40.5. The molecule has 0 unspecified atom stereocenters. The number of benzene rings is 2. The van der Waals surface area contributed by atoms with Gasteiger partial charge in [0, 0.05) is 51.9 Å². The molecular weight excluding hydrogens is 496 g/mol. The normalized spacial score (nSPS) is 16.7. The van der Waals surface area contributed by atoms with Crippen molar-refractivity contribution >= 4 is 17.4 Å². The number of nitrogens with zero attached hydrogens (tertiary/aromatic N) is 4. The molecule has 2 aromatic carbocycles. The minimum Gasteiger partial charge on any atom is -0.488 e. The van der Waals surface area contributed by atoms with Crippen LogP contribution in [0.3, 0.4) is 0 Å². The number of aromatic nitrogens is 2. The first-order chi connectivity index (χ1) is 18.8. The zero-order chi connectivity index (χ0) is 27.5. The van der Waals surface area contributed by atoms with Crippen molar-refractivity contribution in [2.24, 2.45) is 14.1 Å². The number of carbonyl (C=O) groups is 1. The highest BCUT2D eigenvalue weighted by atomic mass is 16.5. The van der Waals surface area contributed by atoms with Gasteiger partial charge in [-0.05, 0) is 53.8 Å². The fourth-order valence-corrected chi connectivity index (χ4v) is 5.47. The van der Waals surface area contributed by atoms with Crippen LogP contribution in [-0.4, -0.2) is 57.8 Å². The molecule has 1 saturated heterocycles. The lowest BCUT2D eigenvalue weighted by Crippen LogP contribution is -2.41. The van der Waals surface area contributed by atoms with E-state index in [2.05, 4.69) is 28.0 Å². The lowest BCUT2D eigenvalue weighted by Gasteiger charge is -2.25. The van der Waals surface area contributed by atoms with Crippen LogP contribution in [0.15, 0.2) is 64.2 Å². The van der Waals surface area contributed by atoms with E-state index in [1.54, 1.807) is 17.7 Å². The van der Waals surface area contributed by atoms with E-state index in [-0.39, 0.29) is 17.7 Å². The maximum atomic E-state index is 12.4. The van der Waals surface area contributed by atoms with Crippen molar-refractivity contribution in [2.45, 2.75) is 25.9 Å². The van der Waals surface area contributed by atoms with Gasteiger partial charge < -0.3 is 19.6 Å². The Bertz CT molecular complexity index is 1540. The lowest BCUT2D eigenvalue weighted by molar-refractivity contribution is -0.136. The molecule has 9 nitrogen and oxygen atoms in total. The second kappa shape index (κ2) is 11.3. The van der Waals surface area contributed by atoms with Crippen LogP contribution in [0.1, 0.15) is 35.1 Å². The molecule has 0 bridgehead atoms. The van der Waals surface area contributed by atoms with Crippen LogP contribution in [0.4, 0.5) is 5.82 Å². The van der Waals surface area contributed by atoms with Gasteiger partial charge in [-0.3, -0.25) is 18.7 Å². The summed E-state index contributed by atoms with van der Waals surface area (Å²) < 4.78 is 8.78. The number of carboxylic acids is 1. The van der Waals surface area contributed by atoms with E-state index in [1.807, 2.05) is 30.3 Å². The number of fused-ring (bicyclic) bond motifs is 2. The highest BCUT2D eigenvalue weighted by molar-refractivity contribution is 5.85. The molecule has 3 aromatic rings. The van der Waals surface area contributed by atoms with E-state index >= 15 is 0 Å². The second-order valence-electron chi connectivity index (χ2n) is 10.2. The number of ether oxygens (including phenoxy) is 1. The lowest BCUT2D eigenvalue weighted by atomic mass is 9.92. The zero-order valence-corrected chi connectivity index (χ0v) is 22.4. The molecule has 2 aliphatic heterocycles. The molecule has 204 valence electrons. The van der Waals surface area contributed by atoms with Gasteiger partial charge in [-0.25, -0.2) is 4.79 Å². The van der Waals surface area contributed by atoms with E-state index in [0.29, 0.717) is 12.4 Å². The largest absolute Gasteiger partial charge is 0.488 e. The van der Waals surface area contributed by atoms with Crippen LogP contribution in [0, 0.1) is 0 Å². The molecule has 0 amide bonds. The summed E-state index contributed by atoms with van der Waals surface area (Å²) in [7, 11) is 3.21. The number of hydrogen-bond acceptors (Lipinski definition) is 6. The summed E-state index contributed by atoms with van der Waals surface area (Å²) in [6, 6.07) is 15.4. The SMILES string of the molecule is Cn1c(N2CCCN(CC/C=C3/c4ccccc4COc4ccc(CC(=O)O)cc43)CC2)cc(=O)n(C)c1=O. The minimum absolute atomic E-state index is 0.0361. The average molecular weight is 531 g/mol. The molecule has 1 aromatic heterocycles. The van der Waals surface area contributed by atoms with E-state index in [9.17, 15) is 19.5 Å². The van der Waals surface area contributed by atoms with E-state index in [1.165, 1.54) is 7.05 Å². The minimum atomic E-state index is -0.860. The van der Waals surface area contributed by atoms with Gasteiger partial charge in [-0.15, -0.1) is 0 Å². The maximum absolute atomic E-state index is 12.4. The van der Waals surface area contributed by atoms with E-state index in [4.69, 9.17) is 4.74 Å². The summed E-state index contributed by atoms with van der Waals surface area (Å²) in [5.41, 5.74) is 4.34. The Morgan fingerprint density at radius 2 is 1.79 bits per heavy atom. The summed E-state index contributed by atoms with van der Waals surface area (Å²) >= 11 is 0. The van der Waals surface area contributed by atoms with Crippen molar-refractivity contribution in [1.29, 1.82) is 0 Å². The van der Waals surface area contributed by atoms with Crippen LogP contribution in [-0.2, 0) is 31.9 Å². The molecule has 9 heteroatoms. The number of rotatable bonds is 6. The van der Waals surface area contributed by atoms with Crippen LogP contribution in [0.2, 0.25) is 0 Å². The Labute approximate surface area is 227 Å². The third-order valence-electron chi connectivity index (χ3n) is 7.59. The van der Waals surface area contributed by atoms with Gasteiger partial charge in [0.15, 0.2) is 0 Å². The molecule has 0 saturated carbocycles. The number of carboxylic acid groups (broad SMARTS) is 1. The van der Waals surface area contributed by atoms with E-state index < -0.39 is 5.97 Å². The molecular formula is C30H34N4O5. The predicted octanol–water partition coefficient (Wildman–Crippen LogP) is 2.64. The summed E-state index contributed by atoms with van der Waals surface area (Å²) in [6.45, 7) is 4.59. The smallest absolute Gasteiger partial charge is 0.332 e. The summed E-state index contributed by atoms with van der Waals surface area (Å²) in [5, 5.41) is 9.32. The summed E-state index contributed by atoms with van der Waals surface area (Å²) in [5.74, 6) is 0.564. The van der Waals surface area contributed by atoms with Gasteiger partial charge in [0.05, 0.1) is 6.42 Å². The second-order valence-corrected chi connectivity index (χ2v) is 10.2. The van der Waals surface area contributed by atoms with Crippen molar-refractivity contribution in [3.63, 3.8) is 0 Å². The molecule has 0 spiro atoms. The average Bonchev–Trinajstić information content (AvgIpc) is 3.25. The highest BCUT2D eigenvalue weighted by Crippen LogP contribution is 2.37. The highest BCUT2D eigenvalue weighted by Gasteiger charge is 2.21. The van der Waals surface area contributed by atoms with Gasteiger partial charge in [0.1, 0.15) is 18.2 Å². The Morgan fingerprint density at radius 1 is 0.974 bits per heavy atom. The fourth-order valence-electron chi connectivity index (χ4n) is 5.47. The van der Waals surface area contributed by atoms with Crippen LogP contribution in [0.25, 0.3) is 5.57 Å². The van der Waals surface area contributed by atoms with Gasteiger partial charge in [0.25, 0.3) is 5.56 Å². The van der Waals surface area contributed by atoms with Crippen molar-refractivity contribution in [3.05, 3.63) is 97.7 Å². The number of hydrogen-bond donors (Lipinski definition) is 1. The third kappa shape index (κ3) is 5.68. The van der Waals surface area contributed by atoms with Crippen LogP contribution in [0.5, 0.6) is 5.75 Å². The van der Waals surface area contributed by atoms with Crippen molar-refractivity contribution in [2.75, 3.05) is 37.6 Å². The van der Waals surface area contributed by atoms with Gasteiger partial charge in [-0.2, -0.15) is 0 Å². The van der Waals surface area contributed by atoms with Gasteiger partial charge in [0.2, 0.25) is 0 Å². The molecule has 0 radical (unpaired) electrons. The molecule has 5 rings (SSSR count). The molecule has 0 atom stereocenters. The Kier molecular flexibility index (Phi) is 7.70. The first kappa shape index (κ1) is 26.5. The van der Waals surface area contributed by atoms with Crippen LogP contribution >= 0.6 is 0 Å². The number of anilines is 1. The topological polar surface area (TPSA) is 97.0 Å².